The summed E-state index contributed by atoms with van der Waals surface area (Å²) in [6.07, 6.45) is -0.696. The van der Waals surface area contributed by atoms with Crippen LogP contribution in [0.5, 0.6) is 5.75 Å². The molecule has 4 rings (SSSR count). The molecule has 0 saturated carbocycles. The Labute approximate surface area is 178 Å². The molecule has 0 aliphatic rings. The summed E-state index contributed by atoms with van der Waals surface area (Å²) in [4.78, 5) is 17.5. The van der Waals surface area contributed by atoms with Gasteiger partial charge in [0.25, 0.3) is 11.9 Å². The van der Waals surface area contributed by atoms with E-state index in [9.17, 15) is 4.79 Å². The summed E-state index contributed by atoms with van der Waals surface area (Å²) in [5, 5.41) is 9.74. The fourth-order valence-electron chi connectivity index (χ4n) is 2.54. The Morgan fingerprint density at radius 2 is 1.93 bits per heavy atom. The number of carbonyl (C=O) groups excluding carboxylic acids is 1. The summed E-state index contributed by atoms with van der Waals surface area (Å²) in [5.41, 5.74) is 1.84. The number of aromatic nitrogens is 3. The summed E-state index contributed by atoms with van der Waals surface area (Å²) in [7, 11) is 0. The number of nitrogens with one attached hydrogen (secondary N) is 1. The highest BCUT2D eigenvalue weighted by molar-refractivity contribution is 9.10. The maximum absolute atomic E-state index is 12.4. The van der Waals surface area contributed by atoms with Gasteiger partial charge in [0, 0.05) is 20.4 Å². The Balaban J connectivity index is 1.49. The second kappa shape index (κ2) is 7.90. The van der Waals surface area contributed by atoms with E-state index in [0.29, 0.717) is 15.7 Å². The summed E-state index contributed by atoms with van der Waals surface area (Å²) in [5.74, 6) is 0.516. The van der Waals surface area contributed by atoms with Crippen molar-refractivity contribution in [2.75, 3.05) is 5.32 Å². The minimum Gasteiger partial charge on any atom is -0.481 e. The van der Waals surface area contributed by atoms with E-state index < -0.39 is 6.10 Å². The third-order valence-corrected chi connectivity index (χ3v) is 5.55. The van der Waals surface area contributed by atoms with Gasteiger partial charge in [-0.05, 0) is 43.3 Å². The molecule has 1 N–H and O–H groups in total. The van der Waals surface area contributed by atoms with Crippen molar-refractivity contribution in [1.82, 2.24) is 14.6 Å². The first-order valence-corrected chi connectivity index (χ1v) is 10.4. The Morgan fingerprint density at radius 1 is 1.21 bits per heavy atom. The first-order valence-electron chi connectivity index (χ1n) is 8.33. The zero-order valence-electron chi connectivity index (χ0n) is 14.6. The Bertz CT molecular complexity index is 1130. The average molecular weight is 478 g/mol. The number of rotatable bonds is 5. The van der Waals surface area contributed by atoms with Crippen molar-refractivity contribution in [1.29, 1.82) is 0 Å². The van der Waals surface area contributed by atoms with Crippen molar-refractivity contribution >= 4 is 55.7 Å². The fraction of sp³-hybridized carbons (Fsp3) is 0.105. The quantitative estimate of drug-likeness (QED) is 0.425. The molecule has 142 valence electrons. The molecule has 1 amide bonds. The van der Waals surface area contributed by atoms with Gasteiger partial charge in [0.15, 0.2) is 6.10 Å². The van der Waals surface area contributed by atoms with Gasteiger partial charge >= 0.3 is 0 Å². The third kappa shape index (κ3) is 4.04. The van der Waals surface area contributed by atoms with Gasteiger partial charge in [0.2, 0.25) is 4.96 Å². The second-order valence-electron chi connectivity index (χ2n) is 5.96. The topological polar surface area (TPSA) is 68.5 Å². The number of carbonyl (C=O) groups is 1. The molecule has 0 bridgehead atoms. The van der Waals surface area contributed by atoms with Crippen LogP contribution in [0.4, 0.5) is 5.95 Å². The highest BCUT2D eigenvalue weighted by Gasteiger charge is 2.18. The third-order valence-electron chi connectivity index (χ3n) is 3.95. The van der Waals surface area contributed by atoms with Crippen LogP contribution in [0.15, 0.2) is 58.4 Å². The van der Waals surface area contributed by atoms with E-state index in [-0.39, 0.29) is 11.9 Å². The molecule has 28 heavy (non-hydrogen) atoms. The van der Waals surface area contributed by atoms with E-state index in [2.05, 4.69) is 31.3 Å². The molecule has 0 aliphatic heterocycles. The highest BCUT2D eigenvalue weighted by Crippen LogP contribution is 2.27. The zero-order valence-corrected chi connectivity index (χ0v) is 17.8. The zero-order chi connectivity index (χ0) is 19.7. The van der Waals surface area contributed by atoms with Gasteiger partial charge in [-0.1, -0.05) is 39.7 Å². The van der Waals surface area contributed by atoms with Crippen LogP contribution in [-0.4, -0.2) is 26.6 Å². The molecule has 0 saturated heterocycles. The van der Waals surface area contributed by atoms with Crippen molar-refractivity contribution in [2.45, 2.75) is 13.0 Å². The molecule has 2 heterocycles. The lowest BCUT2D eigenvalue weighted by atomic mass is 10.2. The lowest BCUT2D eigenvalue weighted by Gasteiger charge is -2.13. The predicted octanol–water partition coefficient (Wildman–Crippen LogP) is 5.28. The number of nitrogens with zero attached hydrogens (tertiary/aromatic N) is 3. The van der Waals surface area contributed by atoms with Crippen LogP contribution >= 0.6 is 38.9 Å². The molecule has 0 spiro atoms. The number of anilines is 1. The van der Waals surface area contributed by atoms with Crippen LogP contribution in [0.2, 0.25) is 5.02 Å². The van der Waals surface area contributed by atoms with E-state index in [1.165, 1.54) is 11.3 Å². The lowest BCUT2D eigenvalue weighted by Crippen LogP contribution is -2.30. The van der Waals surface area contributed by atoms with Crippen LogP contribution in [0.25, 0.3) is 16.2 Å². The number of hydrogen-bond acceptors (Lipinski definition) is 5. The normalized spacial score (nSPS) is 12.1. The minimum atomic E-state index is -0.696. The van der Waals surface area contributed by atoms with E-state index in [0.717, 1.165) is 15.7 Å². The molecule has 2 aromatic carbocycles. The van der Waals surface area contributed by atoms with Gasteiger partial charge in [0.05, 0.1) is 5.69 Å². The van der Waals surface area contributed by atoms with Crippen LogP contribution in [0, 0.1) is 0 Å². The van der Waals surface area contributed by atoms with Crippen LogP contribution in [0.1, 0.15) is 6.92 Å². The number of ether oxygens (including phenoxy) is 1. The van der Waals surface area contributed by atoms with Gasteiger partial charge in [0.1, 0.15) is 5.75 Å². The van der Waals surface area contributed by atoms with E-state index in [1.807, 2.05) is 41.8 Å². The molecule has 0 aliphatic carbocycles. The van der Waals surface area contributed by atoms with Gasteiger partial charge in [-0.3, -0.25) is 10.1 Å². The number of hydrogen-bond donors (Lipinski definition) is 1. The Morgan fingerprint density at radius 3 is 2.64 bits per heavy atom. The summed E-state index contributed by atoms with van der Waals surface area (Å²) in [6.45, 7) is 1.68. The van der Waals surface area contributed by atoms with Crippen LogP contribution in [0.3, 0.4) is 0 Å². The molecular formula is C19H14BrClN4O2S. The van der Waals surface area contributed by atoms with Crippen molar-refractivity contribution in [3.8, 4) is 17.0 Å². The monoisotopic (exact) mass is 476 g/mol. The molecule has 2 aromatic heterocycles. The summed E-state index contributed by atoms with van der Waals surface area (Å²) >= 11 is 10.8. The first kappa shape index (κ1) is 18.9. The number of amides is 1. The van der Waals surface area contributed by atoms with Crippen LogP contribution in [-0.2, 0) is 4.79 Å². The largest absolute Gasteiger partial charge is 0.481 e. The molecule has 0 fully saturated rings. The van der Waals surface area contributed by atoms with Gasteiger partial charge in [-0.2, -0.15) is 4.98 Å². The average Bonchev–Trinajstić information content (AvgIpc) is 3.24. The highest BCUT2D eigenvalue weighted by atomic mass is 79.9. The Kier molecular flexibility index (Phi) is 5.34. The lowest BCUT2D eigenvalue weighted by molar-refractivity contribution is -0.122. The van der Waals surface area contributed by atoms with Crippen molar-refractivity contribution in [3.63, 3.8) is 0 Å². The number of benzene rings is 2. The van der Waals surface area contributed by atoms with E-state index in [1.54, 1.807) is 23.6 Å². The fourth-order valence-corrected chi connectivity index (χ4v) is 3.76. The predicted molar refractivity (Wildman–Crippen MR) is 114 cm³/mol. The van der Waals surface area contributed by atoms with E-state index in [4.69, 9.17) is 16.3 Å². The Hall–Kier alpha value is -2.42. The molecule has 9 heteroatoms. The van der Waals surface area contributed by atoms with Crippen molar-refractivity contribution < 1.29 is 9.53 Å². The summed E-state index contributed by atoms with van der Waals surface area (Å²) in [6, 6.07) is 14.7. The van der Waals surface area contributed by atoms with Gasteiger partial charge in [-0.25, -0.2) is 4.52 Å². The second-order valence-corrected chi connectivity index (χ2v) is 8.15. The van der Waals surface area contributed by atoms with Crippen molar-refractivity contribution in [3.05, 3.63) is 63.4 Å². The SMILES string of the molecule is CC(Oc1ccc(Br)cc1)C(=O)Nc1nc2scc(-c3ccc(Cl)cc3)n2n1. The molecule has 6 nitrogen and oxygen atoms in total. The standard InChI is InChI=1S/C19H14BrClN4O2S/c1-11(27-15-8-4-13(20)5-9-15)17(26)22-18-23-19-25(24-18)16(10-28-19)12-2-6-14(21)7-3-12/h2-11H,1H3,(H,22,24,26). The molecular weight excluding hydrogens is 464 g/mol. The number of halogens is 2. The molecule has 1 atom stereocenters. The minimum absolute atomic E-state index is 0.235. The first-order chi connectivity index (χ1) is 13.5. The van der Waals surface area contributed by atoms with E-state index >= 15 is 0 Å². The van der Waals surface area contributed by atoms with Crippen LogP contribution < -0.4 is 10.1 Å². The molecule has 1 unspecified atom stereocenters. The maximum atomic E-state index is 12.4. The van der Waals surface area contributed by atoms with Gasteiger partial charge < -0.3 is 4.74 Å². The molecule has 0 radical (unpaired) electrons. The van der Waals surface area contributed by atoms with Crippen molar-refractivity contribution in [2.24, 2.45) is 0 Å². The number of fused-ring (bicyclic) bond motifs is 1. The maximum Gasteiger partial charge on any atom is 0.267 e. The molecule has 4 aromatic rings. The summed E-state index contributed by atoms with van der Waals surface area (Å²) < 4.78 is 8.30. The van der Waals surface area contributed by atoms with Gasteiger partial charge in [-0.15, -0.1) is 16.4 Å². The smallest absolute Gasteiger partial charge is 0.267 e. The number of thiazole rings is 1.